The first kappa shape index (κ1) is 16.8. The smallest absolute Gasteiger partial charge is 0.311 e. The number of phenols is 1. The standard InChI is InChI=1S/C18H19FO4/c1-3-23-17-9-12(5-7-16(17)20)8-14(18(21)22)13-6-4-11(2)15(19)10-13/h4-7,9-10,14,20H,3,8H2,1-2H3,(H,21,22). The minimum Gasteiger partial charge on any atom is -0.504 e. The average molecular weight is 318 g/mol. The Balaban J connectivity index is 2.31. The van der Waals surface area contributed by atoms with E-state index >= 15 is 0 Å². The Labute approximate surface area is 134 Å². The van der Waals surface area contributed by atoms with Crippen molar-refractivity contribution in [3.63, 3.8) is 0 Å². The molecular weight excluding hydrogens is 299 g/mol. The summed E-state index contributed by atoms with van der Waals surface area (Å²) in [6.45, 7) is 3.81. The Morgan fingerprint density at radius 2 is 2.00 bits per heavy atom. The summed E-state index contributed by atoms with van der Waals surface area (Å²) in [4.78, 5) is 11.6. The molecule has 0 spiro atoms. The Morgan fingerprint density at radius 1 is 1.26 bits per heavy atom. The number of hydrogen-bond donors (Lipinski definition) is 2. The number of aryl methyl sites for hydroxylation is 1. The van der Waals surface area contributed by atoms with E-state index in [2.05, 4.69) is 0 Å². The molecule has 4 nitrogen and oxygen atoms in total. The van der Waals surface area contributed by atoms with E-state index in [1.165, 1.54) is 12.1 Å². The van der Waals surface area contributed by atoms with Gasteiger partial charge in [-0.05, 0) is 55.2 Å². The Bertz CT molecular complexity index is 712. The number of carboxylic acids is 1. The first-order valence-corrected chi connectivity index (χ1v) is 7.36. The number of halogens is 1. The van der Waals surface area contributed by atoms with E-state index < -0.39 is 17.7 Å². The van der Waals surface area contributed by atoms with Crippen molar-refractivity contribution < 1.29 is 24.1 Å². The van der Waals surface area contributed by atoms with Gasteiger partial charge in [0.05, 0.1) is 12.5 Å². The van der Waals surface area contributed by atoms with E-state index in [-0.39, 0.29) is 12.2 Å². The highest BCUT2D eigenvalue weighted by atomic mass is 19.1. The molecule has 0 saturated heterocycles. The van der Waals surface area contributed by atoms with Crippen LogP contribution >= 0.6 is 0 Å². The molecule has 2 rings (SSSR count). The Hall–Kier alpha value is -2.56. The molecule has 2 aromatic carbocycles. The molecular formula is C18H19FO4. The first-order chi connectivity index (χ1) is 10.9. The van der Waals surface area contributed by atoms with Gasteiger partial charge in [0.25, 0.3) is 0 Å². The van der Waals surface area contributed by atoms with Gasteiger partial charge in [0.1, 0.15) is 5.82 Å². The minimum atomic E-state index is -1.03. The van der Waals surface area contributed by atoms with Crippen molar-refractivity contribution in [2.45, 2.75) is 26.2 Å². The maximum atomic E-state index is 13.7. The van der Waals surface area contributed by atoms with Gasteiger partial charge in [-0.25, -0.2) is 4.39 Å². The van der Waals surface area contributed by atoms with Crippen molar-refractivity contribution in [1.82, 2.24) is 0 Å². The van der Waals surface area contributed by atoms with E-state index in [1.807, 2.05) is 0 Å². The summed E-state index contributed by atoms with van der Waals surface area (Å²) >= 11 is 0. The number of hydrogen-bond acceptors (Lipinski definition) is 3. The molecule has 2 N–H and O–H groups in total. The lowest BCUT2D eigenvalue weighted by Gasteiger charge is -2.15. The predicted molar refractivity (Wildman–Crippen MR) is 84.5 cm³/mol. The zero-order chi connectivity index (χ0) is 17.0. The average Bonchev–Trinajstić information content (AvgIpc) is 2.51. The largest absolute Gasteiger partial charge is 0.504 e. The molecule has 0 aliphatic carbocycles. The van der Waals surface area contributed by atoms with E-state index in [1.54, 1.807) is 38.1 Å². The van der Waals surface area contributed by atoms with Crippen LogP contribution in [0.15, 0.2) is 36.4 Å². The lowest BCUT2D eigenvalue weighted by atomic mass is 9.91. The molecule has 0 heterocycles. The van der Waals surface area contributed by atoms with Crippen LogP contribution in [0, 0.1) is 12.7 Å². The summed E-state index contributed by atoms with van der Waals surface area (Å²) in [6.07, 6.45) is 0.179. The van der Waals surface area contributed by atoms with Gasteiger partial charge in [0.15, 0.2) is 11.5 Å². The minimum absolute atomic E-state index is 0.00357. The zero-order valence-corrected chi connectivity index (χ0v) is 13.0. The monoisotopic (exact) mass is 318 g/mol. The molecule has 0 bridgehead atoms. The Kier molecular flexibility index (Phi) is 5.21. The molecule has 0 fully saturated rings. The fraction of sp³-hybridized carbons (Fsp3) is 0.278. The molecule has 5 heteroatoms. The van der Waals surface area contributed by atoms with Gasteiger partial charge in [-0.15, -0.1) is 0 Å². The second kappa shape index (κ2) is 7.13. The summed E-state index contributed by atoms with van der Waals surface area (Å²) < 4.78 is 19.0. The number of phenolic OH excluding ortho intramolecular Hbond substituents is 1. The molecule has 2 aromatic rings. The van der Waals surface area contributed by atoms with Gasteiger partial charge in [-0.1, -0.05) is 18.2 Å². The van der Waals surface area contributed by atoms with E-state index in [9.17, 15) is 19.4 Å². The van der Waals surface area contributed by atoms with Crippen LogP contribution in [-0.2, 0) is 11.2 Å². The molecule has 1 atom stereocenters. The van der Waals surface area contributed by atoms with Crippen LogP contribution in [0.5, 0.6) is 11.5 Å². The van der Waals surface area contributed by atoms with Crippen LogP contribution in [-0.4, -0.2) is 22.8 Å². The molecule has 0 saturated carbocycles. The van der Waals surface area contributed by atoms with Crippen molar-refractivity contribution in [2.75, 3.05) is 6.61 Å². The molecule has 0 aromatic heterocycles. The van der Waals surface area contributed by atoms with Crippen LogP contribution in [0.3, 0.4) is 0 Å². The number of ether oxygens (including phenoxy) is 1. The maximum Gasteiger partial charge on any atom is 0.311 e. The topological polar surface area (TPSA) is 66.8 Å². The van der Waals surface area contributed by atoms with Gasteiger partial charge in [-0.2, -0.15) is 0 Å². The van der Waals surface area contributed by atoms with Gasteiger partial charge in [0, 0.05) is 0 Å². The number of carbonyl (C=O) groups is 1. The molecule has 0 amide bonds. The van der Waals surface area contributed by atoms with Crippen molar-refractivity contribution >= 4 is 5.97 Å². The summed E-state index contributed by atoms with van der Waals surface area (Å²) in [6, 6.07) is 9.18. The molecule has 122 valence electrons. The number of carboxylic acid groups (broad SMARTS) is 1. The van der Waals surface area contributed by atoms with Crippen LogP contribution in [0.4, 0.5) is 4.39 Å². The number of aromatic hydroxyl groups is 1. The number of aliphatic carboxylic acids is 1. The van der Waals surface area contributed by atoms with Crippen molar-refractivity contribution in [2.24, 2.45) is 0 Å². The maximum absolute atomic E-state index is 13.7. The van der Waals surface area contributed by atoms with E-state index in [4.69, 9.17) is 4.74 Å². The summed E-state index contributed by atoms with van der Waals surface area (Å²) in [5.41, 5.74) is 1.58. The number of benzene rings is 2. The van der Waals surface area contributed by atoms with Crippen LogP contribution in [0.25, 0.3) is 0 Å². The highest BCUT2D eigenvalue weighted by Gasteiger charge is 2.22. The highest BCUT2D eigenvalue weighted by Crippen LogP contribution is 2.30. The SMILES string of the molecule is CCOc1cc(CC(C(=O)O)c2ccc(C)c(F)c2)ccc1O. The second-order valence-electron chi connectivity index (χ2n) is 5.34. The molecule has 0 aliphatic heterocycles. The fourth-order valence-corrected chi connectivity index (χ4v) is 2.37. The molecule has 23 heavy (non-hydrogen) atoms. The van der Waals surface area contributed by atoms with Crippen LogP contribution in [0.2, 0.25) is 0 Å². The van der Waals surface area contributed by atoms with Gasteiger partial charge < -0.3 is 14.9 Å². The normalized spacial score (nSPS) is 12.0. The quantitative estimate of drug-likeness (QED) is 0.853. The lowest BCUT2D eigenvalue weighted by Crippen LogP contribution is -2.15. The van der Waals surface area contributed by atoms with E-state index in [0.717, 1.165) is 0 Å². The summed E-state index contributed by atoms with van der Waals surface area (Å²) in [7, 11) is 0. The van der Waals surface area contributed by atoms with Crippen molar-refractivity contribution in [1.29, 1.82) is 0 Å². The molecule has 0 aliphatic rings. The fourth-order valence-electron chi connectivity index (χ4n) is 2.37. The zero-order valence-electron chi connectivity index (χ0n) is 13.0. The van der Waals surface area contributed by atoms with Gasteiger partial charge in [-0.3, -0.25) is 4.79 Å². The highest BCUT2D eigenvalue weighted by molar-refractivity contribution is 5.76. The third kappa shape index (κ3) is 4.00. The van der Waals surface area contributed by atoms with Crippen molar-refractivity contribution in [3.05, 3.63) is 58.9 Å². The van der Waals surface area contributed by atoms with E-state index in [0.29, 0.717) is 29.0 Å². The van der Waals surface area contributed by atoms with Crippen LogP contribution in [0.1, 0.15) is 29.5 Å². The first-order valence-electron chi connectivity index (χ1n) is 7.36. The number of rotatable bonds is 6. The predicted octanol–water partition coefficient (Wildman–Crippen LogP) is 3.65. The third-order valence-electron chi connectivity index (χ3n) is 3.66. The summed E-state index contributed by atoms with van der Waals surface area (Å²) in [5, 5.41) is 19.2. The second-order valence-corrected chi connectivity index (χ2v) is 5.34. The third-order valence-corrected chi connectivity index (χ3v) is 3.66. The van der Waals surface area contributed by atoms with Gasteiger partial charge in [0.2, 0.25) is 0 Å². The van der Waals surface area contributed by atoms with Crippen LogP contribution < -0.4 is 4.74 Å². The summed E-state index contributed by atoms with van der Waals surface area (Å²) in [5.74, 6) is -2.01. The molecule has 1 unspecified atom stereocenters. The Morgan fingerprint density at radius 3 is 2.61 bits per heavy atom. The lowest BCUT2D eigenvalue weighted by molar-refractivity contribution is -0.138. The van der Waals surface area contributed by atoms with Gasteiger partial charge >= 0.3 is 5.97 Å². The van der Waals surface area contributed by atoms with Crippen molar-refractivity contribution in [3.8, 4) is 11.5 Å². The molecule has 0 radical (unpaired) electrons.